The summed E-state index contributed by atoms with van der Waals surface area (Å²) in [4.78, 5) is 8.30. The van der Waals surface area contributed by atoms with Crippen molar-refractivity contribution in [2.24, 2.45) is 0 Å². The Hall–Kier alpha value is -1.65. The average molecular weight is 310 g/mol. The maximum atomic E-state index is 13.4. The third-order valence-electron chi connectivity index (χ3n) is 3.48. The van der Waals surface area contributed by atoms with E-state index >= 15 is 0 Å². The fourth-order valence-electron chi connectivity index (χ4n) is 2.40. The van der Waals surface area contributed by atoms with Gasteiger partial charge in [-0.3, -0.25) is 0 Å². The standard InChI is InChI=1S/C17H21F3N2/c1-15(2,3)10-8-7-9-11-12(10)22-14(17(18,19)20)13(21-11)16(4,5)6/h7-9H,1-6H3. The number of fused-ring (bicyclic) bond motifs is 1. The van der Waals surface area contributed by atoms with E-state index in [1.54, 1.807) is 26.8 Å². The summed E-state index contributed by atoms with van der Waals surface area (Å²) in [6.07, 6.45) is -4.52. The van der Waals surface area contributed by atoms with Crippen LogP contribution >= 0.6 is 0 Å². The molecule has 2 rings (SSSR count). The van der Waals surface area contributed by atoms with Crippen molar-refractivity contribution in [3.63, 3.8) is 0 Å². The first-order valence-corrected chi connectivity index (χ1v) is 7.21. The Kier molecular flexibility index (Phi) is 3.75. The Morgan fingerprint density at radius 2 is 1.36 bits per heavy atom. The minimum absolute atomic E-state index is 0.0152. The van der Waals surface area contributed by atoms with E-state index in [2.05, 4.69) is 9.97 Å². The van der Waals surface area contributed by atoms with Crippen LogP contribution in [0.4, 0.5) is 13.2 Å². The Balaban J connectivity index is 2.91. The molecular weight excluding hydrogens is 289 g/mol. The Morgan fingerprint density at radius 1 is 0.773 bits per heavy atom. The van der Waals surface area contributed by atoms with Gasteiger partial charge < -0.3 is 0 Å². The van der Waals surface area contributed by atoms with Crippen LogP contribution in [0.25, 0.3) is 11.0 Å². The van der Waals surface area contributed by atoms with Crippen molar-refractivity contribution < 1.29 is 13.2 Å². The lowest BCUT2D eigenvalue weighted by atomic mass is 9.85. The number of hydrogen-bond acceptors (Lipinski definition) is 2. The normalized spacial score (nSPS) is 13.7. The van der Waals surface area contributed by atoms with Crippen LogP contribution in [-0.2, 0) is 17.0 Å². The first kappa shape index (κ1) is 16.7. The second-order valence-electron chi connectivity index (χ2n) is 7.59. The Labute approximate surface area is 128 Å². The van der Waals surface area contributed by atoms with Crippen LogP contribution in [0, 0.1) is 0 Å². The topological polar surface area (TPSA) is 25.8 Å². The molecule has 22 heavy (non-hydrogen) atoms. The smallest absolute Gasteiger partial charge is 0.248 e. The minimum Gasteiger partial charge on any atom is -0.248 e. The fourth-order valence-corrected chi connectivity index (χ4v) is 2.40. The monoisotopic (exact) mass is 310 g/mol. The number of para-hydroxylation sites is 1. The van der Waals surface area contributed by atoms with Gasteiger partial charge in [-0.1, -0.05) is 53.7 Å². The minimum atomic E-state index is -4.52. The van der Waals surface area contributed by atoms with Gasteiger partial charge in [0.1, 0.15) is 0 Å². The van der Waals surface area contributed by atoms with Gasteiger partial charge in [0, 0.05) is 5.41 Å². The summed E-state index contributed by atoms with van der Waals surface area (Å²) in [6.45, 7) is 11.0. The highest BCUT2D eigenvalue weighted by Crippen LogP contribution is 2.37. The van der Waals surface area contributed by atoms with Gasteiger partial charge in [0.15, 0.2) is 5.69 Å². The SMILES string of the molecule is CC(C)(C)c1nc2cccc(C(C)(C)C)c2nc1C(F)(F)F. The van der Waals surface area contributed by atoms with Crippen molar-refractivity contribution in [1.82, 2.24) is 9.97 Å². The van der Waals surface area contributed by atoms with E-state index in [-0.39, 0.29) is 11.1 Å². The maximum absolute atomic E-state index is 13.4. The highest BCUT2D eigenvalue weighted by molar-refractivity contribution is 5.79. The number of aromatic nitrogens is 2. The van der Waals surface area contributed by atoms with E-state index in [0.717, 1.165) is 5.56 Å². The van der Waals surface area contributed by atoms with E-state index in [9.17, 15) is 13.2 Å². The quantitative estimate of drug-likeness (QED) is 0.664. The van der Waals surface area contributed by atoms with Crippen LogP contribution in [0.15, 0.2) is 18.2 Å². The first-order valence-electron chi connectivity index (χ1n) is 7.21. The van der Waals surface area contributed by atoms with E-state index in [1.807, 2.05) is 32.9 Å². The lowest BCUT2D eigenvalue weighted by Gasteiger charge is -2.25. The van der Waals surface area contributed by atoms with Crippen molar-refractivity contribution in [3.05, 3.63) is 35.2 Å². The molecule has 0 aliphatic carbocycles. The van der Waals surface area contributed by atoms with Gasteiger partial charge in [0.05, 0.1) is 16.7 Å². The molecule has 5 heteroatoms. The number of halogens is 3. The fraction of sp³-hybridized carbons (Fsp3) is 0.529. The Morgan fingerprint density at radius 3 is 1.82 bits per heavy atom. The Bertz CT molecular complexity index is 705. The van der Waals surface area contributed by atoms with Gasteiger partial charge in [-0.2, -0.15) is 13.2 Å². The van der Waals surface area contributed by atoms with Crippen LogP contribution < -0.4 is 0 Å². The van der Waals surface area contributed by atoms with E-state index in [4.69, 9.17) is 0 Å². The van der Waals surface area contributed by atoms with Gasteiger partial charge >= 0.3 is 6.18 Å². The summed E-state index contributed by atoms with van der Waals surface area (Å²) in [5.41, 5.74) is -0.337. The van der Waals surface area contributed by atoms with Gasteiger partial charge in [-0.15, -0.1) is 0 Å². The van der Waals surface area contributed by atoms with Crippen molar-refractivity contribution in [2.45, 2.75) is 58.5 Å². The summed E-state index contributed by atoms with van der Waals surface area (Å²) in [5.74, 6) is 0. The largest absolute Gasteiger partial charge is 0.435 e. The summed E-state index contributed by atoms with van der Waals surface area (Å²) in [5, 5.41) is 0. The zero-order chi connectivity index (χ0) is 16.9. The molecule has 0 bridgehead atoms. The number of rotatable bonds is 0. The summed E-state index contributed by atoms with van der Waals surface area (Å²) in [6, 6.07) is 5.35. The number of alkyl halides is 3. The zero-order valence-corrected chi connectivity index (χ0v) is 13.8. The molecule has 0 atom stereocenters. The molecule has 0 N–H and O–H groups in total. The van der Waals surface area contributed by atoms with Crippen molar-refractivity contribution >= 4 is 11.0 Å². The van der Waals surface area contributed by atoms with Crippen LogP contribution in [0.3, 0.4) is 0 Å². The lowest BCUT2D eigenvalue weighted by Crippen LogP contribution is -2.24. The number of hydrogen-bond donors (Lipinski definition) is 0. The van der Waals surface area contributed by atoms with Crippen molar-refractivity contribution in [3.8, 4) is 0 Å². The molecule has 0 radical (unpaired) electrons. The predicted molar refractivity (Wildman–Crippen MR) is 81.9 cm³/mol. The second-order valence-corrected chi connectivity index (χ2v) is 7.59. The van der Waals surface area contributed by atoms with E-state index < -0.39 is 17.3 Å². The van der Waals surface area contributed by atoms with Gasteiger partial charge in [-0.25, -0.2) is 9.97 Å². The molecule has 1 heterocycles. The third kappa shape index (κ3) is 3.08. The summed E-state index contributed by atoms with van der Waals surface area (Å²) in [7, 11) is 0. The molecule has 120 valence electrons. The molecule has 1 aromatic carbocycles. The van der Waals surface area contributed by atoms with Gasteiger partial charge in [-0.05, 0) is 17.0 Å². The highest BCUT2D eigenvalue weighted by atomic mass is 19.4. The molecule has 0 unspecified atom stereocenters. The van der Waals surface area contributed by atoms with Crippen LogP contribution in [-0.4, -0.2) is 9.97 Å². The number of nitrogens with zero attached hydrogens (tertiary/aromatic N) is 2. The predicted octanol–water partition coefficient (Wildman–Crippen LogP) is 5.24. The van der Waals surface area contributed by atoms with Crippen molar-refractivity contribution in [1.29, 1.82) is 0 Å². The average Bonchev–Trinajstić information content (AvgIpc) is 2.33. The highest BCUT2D eigenvalue weighted by Gasteiger charge is 2.40. The van der Waals surface area contributed by atoms with Crippen LogP contribution in [0.2, 0.25) is 0 Å². The lowest BCUT2D eigenvalue weighted by molar-refractivity contribution is -0.142. The maximum Gasteiger partial charge on any atom is 0.435 e. The van der Waals surface area contributed by atoms with Gasteiger partial charge in [0.25, 0.3) is 0 Å². The second kappa shape index (κ2) is 4.93. The molecule has 0 fully saturated rings. The van der Waals surface area contributed by atoms with Crippen molar-refractivity contribution in [2.75, 3.05) is 0 Å². The van der Waals surface area contributed by atoms with Gasteiger partial charge in [0.2, 0.25) is 0 Å². The zero-order valence-electron chi connectivity index (χ0n) is 13.8. The molecule has 0 saturated heterocycles. The number of benzene rings is 1. The summed E-state index contributed by atoms with van der Waals surface area (Å²) < 4.78 is 40.3. The van der Waals surface area contributed by atoms with Crippen LogP contribution in [0.5, 0.6) is 0 Å². The molecule has 0 aliphatic heterocycles. The van der Waals surface area contributed by atoms with E-state index in [1.165, 1.54) is 0 Å². The summed E-state index contributed by atoms with van der Waals surface area (Å²) >= 11 is 0. The molecule has 0 saturated carbocycles. The molecule has 0 spiro atoms. The molecule has 0 amide bonds. The van der Waals surface area contributed by atoms with E-state index in [0.29, 0.717) is 11.0 Å². The molecule has 0 aliphatic rings. The third-order valence-corrected chi connectivity index (χ3v) is 3.48. The molecule has 2 nitrogen and oxygen atoms in total. The molecular formula is C17H21F3N2. The first-order chi connectivity index (χ1) is 9.82. The molecule has 2 aromatic rings. The molecule has 1 aromatic heterocycles. The van der Waals surface area contributed by atoms with Crippen LogP contribution in [0.1, 0.15) is 58.5 Å².